The van der Waals surface area contributed by atoms with E-state index < -0.39 is 0 Å². The third-order valence-corrected chi connectivity index (χ3v) is 3.29. The normalized spacial score (nSPS) is 33.2. The molecule has 0 bridgehead atoms. The maximum absolute atomic E-state index is 6.10. The van der Waals surface area contributed by atoms with E-state index in [0.29, 0.717) is 6.04 Å². The minimum atomic E-state index is 0.488. The highest BCUT2D eigenvalue weighted by atomic mass is 14.6. The van der Waals surface area contributed by atoms with Gasteiger partial charge in [-0.15, -0.1) is 0 Å². The molecule has 1 saturated carbocycles. The molecule has 0 saturated heterocycles. The van der Waals surface area contributed by atoms with Gasteiger partial charge in [-0.1, -0.05) is 33.1 Å². The standard InChI is InChI=1S/C11H23N/c1-3-4-11(12)10-7-5-9(2)6-8-10/h9-11H,3-8,12H2,1-2H3/t9?,10?,11-/m0/s1. The van der Waals surface area contributed by atoms with Gasteiger partial charge < -0.3 is 5.73 Å². The van der Waals surface area contributed by atoms with Crippen LogP contribution in [0.2, 0.25) is 0 Å². The summed E-state index contributed by atoms with van der Waals surface area (Å²) in [5.41, 5.74) is 6.10. The molecule has 0 radical (unpaired) electrons. The van der Waals surface area contributed by atoms with Crippen molar-refractivity contribution in [1.29, 1.82) is 0 Å². The largest absolute Gasteiger partial charge is 0.327 e. The summed E-state index contributed by atoms with van der Waals surface area (Å²) >= 11 is 0. The third-order valence-electron chi connectivity index (χ3n) is 3.29. The smallest absolute Gasteiger partial charge is 0.00670 e. The van der Waals surface area contributed by atoms with Crippen LogP contribution in [0.25, 0.3) is 0 Å². The van der Waals surface area contributed by atoms with Crippen LogP contribution in [0.15, 0.2) is 0 Å². The zero-order valence-corrected chi connectivity index (χ0v) is 8.55. The maximum atomic E-state index is 6.10. The Morgan fingerprint density at radius 2 is 1.83 bits per heavy atom. The van der Waals surface area contributed by atoms with Crippen LogP contribution in [0.1, 0.15) is 52.4 Å². The third kappa shape index (κ3) is 2.78. The fourth-order valence-corrected chi connectivity index (χ4v) is 2.28. The molecule has 0 aromatic carbocycles. The van der Waals surface area contributed by atoms with Crippen molar-refractivity contribution in [2.24, 2.45) is 17.6 Å². The molecule has 1 rings (SSSR count). The molecule has 1 aliphatic carbocycles. The average Bonchev–Trinajstić information content (AvgIpc) is 2.06. The van der Waals surface area contributed by atoms with Crippen molar-refractivity contribution in [3.05, 3.63) is 0 Å². The molecule has 2 N–H and O–H groups in total. The highest BCUT2D eigenvalue weighted by Gasteiger charge is 2.22. The summed E-state index contributed by atoms with van der Waals surface area (Å²) in [7, 11) is 0. The Labute approximate surface area is 76.7 Å². The fraction of sp³-hybridized carbons (Fsp3) is 1.00. The number of rotatable bonds is 3. The molecule has 1 fully saturated rings. The molecule has 0 heterocycles. The van der Waals surface area contributed by atoms with Crippen LogP contribution in [-0.2, 0) is 0 Å². The SMILES string of the molecule is CCC[C@H](N)C1CCC(C)CC1. The molecule has 0 aromatic rings. The van der Waals surface area contributed by atoms with E-state index in [4.69, 9.17) is 5.73 Å². The van der Waals surface area contributed by atoms with E-state index in [-0.39, 0.29) is 0 Å². The molecule has 1 heteroatoms. The molecular formula is C11H23N. The summed E-state index contributed by atoms with van der Waals surface area (Å²) in [6.45, 7) is 4.59. The van der Waals surface area contributed by atoms with Gasteiger partial charge in [0.15, 0.2) is 0 Å². The van der Waals surface area contributed by atoms with Crippen LogP contribution in [0.3, 0.4) is 0 Å². The van der Waals surface area contributed by atoms with Crippen LogP contribution < -0.4 is 5.73 Å². The first-order chi connectivity index (χ1) is 5.74. The van der Waals surface area contributed by atoms with Gasteiger partial charge in [-0.25, -0.2) is 0 Å². The first-order valence-electron chi connectivity index (χ1n) is 5.49. The monoisotopic (exact) mass is 169 g/mol. The fourth-order valence-electron chi connectivity index (χ4n) is 2.28. The van der Waals surface area contributed by atoms with Crippen molar-refractivity contribution in [3.63, 3.8) is 0 Å². The second-order valence-electron chi connectivity index (χ2n) is 4.47. The molecule has 0 aliphatic heterocycles. The van der Waals surface area contributed by atoms with E-state index in [2.05, 4.69) is 13.8 Å². The second kappa shape index (κ2) is 4.86. The number of hydrogen-bond donors (Lipinski definition) is 1. The molecule has 1 atom stereocenters. The van der Waals surface area contributed by atoms with Crippen LogP contribution in [0.4, 0.5) is 0 Å². The Balaban J connectivity index is 2.24. The summed E-state index contributed by atoms with van der Waals surface area (Å²) in [6.07, 6.45) is 8.03. The minimum absolute atomic E-state index is 0.488. The molecule has 12 heavy (non-hydrogen) atoms. The quantitative estimate of drug-likeness (QED) is 0.690. The van der Waals surface area contributed by atoms with E-state index in [1.54, 1.807) is 0 Å². The summed E-state index contributed by atoms with van der Waals surface area (Å²) < 4.78 is 0. The summed E-state index contributed by atoms with van der Waals surface area (Å²) in [5.74, 6) is 1.79. The summed E-state index contributed by atoms with van der Waals surface area (Å²) in [4.78, 5) is 0. The molecule has 0 aromatic heterocycles. The van der Waals surface area contributed by atoms with Crippen LogP contribution in [-0.4, -0.2) is 6.04 Å². The first kappa shape index (κ1) is 10.0. The van der Waals surface area contributed by atoms with E-state index in [9.17, 15) is 0 Å². The molecule has 0 unspecified atom stereocenters. The van der Waals surface area contributed by atoms with Gasteiger partial charge in [0.05, 0.1) is 0 Å². The molecular weight excluding hydrogens is 146 g/mol. The lowest BCUT2D eigenvalue weighted by molar-refractivity contribution is 0.247. The van der Waals surface area contributed by atoms with E-state index >= 15 is 0 Å². The molecule has 1 aliphatic rings. The molecule has 72 valence electrons. The predicted octanol–water partition coefficient (Wildman–Crippen LogP) is 2.94. The Morgan fingerprint density at radius 3 is 2.33 bits per heavy atom. The topological polar surface area (TPSA) is 26.0 Å². The van der Waals surface area contributed by atoms with Crippen LogP contribution in [0.5, 0.6) is 0 Å². The number of hydrogen-bond acceptors (Lipinski definition) is 1. The van der Waals surface area contributed by atoms with Gasteiger partial charge in [0, 0.05) is 6.04 Å². The van der Waals surface area contributed by atoms with Gasteiger partial charge in [-0.05, 0) is 31.1 Å². The van der Waals surface area contributed by atoms with Crippen molar-refractivity contribution in [3.8, 4) is 0 Å². The highest BCUT2D eigenvalue weighted by Crippen LogP contribution is 2.30. The van der Waals surface area contributed by atoms with Crippen molar-refractivity contribution >= 4 is 0 Å². The Kier molecular flexibility index (Phi) is 4.07. The van der Waals surface area contributed by atoms with Crippen molar-refractivity contribution in [1.82, 2.24) is 0 Å². The minimum Gasteiger partial charge on any atom is -0.327 e. The van der Waals surface area contributed by atoms with Crippen LogP contribution >= 0.6 is 0 Å². The van der Waals surface area contributed by atoms with Gasteiger partial charge in [-0.2, -0.15) is 0 Å². The van der Waals surface area contributed by atoms with E-state index in [1.165, 1.54) is 38.5 Å². The summed E-state index contributed by atoms with van der Waals surface area (Å²) in [6, 6.07) is 0.488. The average molecular weight is 169 g/mol. The summed E-state index contributed by atoms with van der Waals surface area (Å²) in [5, 5.41) is 0. The van der Waals surface area contributed by atoms with Gasteiger partial charge >= 0.3 is 0 Å². The van der Waals surface area contributed by atoms with Gasteiger partial charge in [0.1, 0.15) is 0 Å². The highest BCUT2D eigenvalue weighted by molar-refractivity contribution is 4.78. The lowest BCUT2D eigenvalue weighted by Gasteiger charge is -2.30. The Bertz CT molecular complexity index is 114. The number of nitrogens with two attached hydrogens (primary N) is 1. The Morgan fingerprint density at radius 1 is 1.25 bits per heavy atom. The lowest BCUT2D eigenvalue weighted by Crippen LogP contribution is -2.32. The van der Waals surface area contributed by atoms with Crippen LogP contribution in [0, 0.1) is 11.8 Å². The maximum Gasteiger partial charge on any atom is 0.00670 e. The Hall–Kier alpha value is -0.0400. The zero-order valence-electron chi connectivity index (χ0n) is 8.55. The zero-order chi connectivity index (χ0) is 8.97. The molecule has 0 spiro atoms. The van der Waals surface area contributed by atoms with Gasteiger partial charge in [0.2, 0.25) is 0 Å². The van der Waals surface area contributed by atoms with E-state index in [1.807, 2.05) is 0 Å². The lowest BCUT2D eigenvalue weighted by atomic mass is 9.78. The van der Waals surface area contributed by atoms with Gasteiger partial charge in [-0.3, -0.25) is 0 Å². The second-order valence-corrected chi connectivity index (χ2v) is 4.47. The predicted molar refractivity (Wildman–Crippen MR) is 54.0 cm³/mol. The van der Waals surface area contributed by atoms with E-state index in [0.717, 1.165) is 11.8 Å². The van der Waals surface area contributed by atoms with Crippen molar-refractivity contribution in [2.45, 2.75) is 58.4 Å². The molecule has 0 amide bonds. The molecule has 1 nitrogen and oxygen atoms in total. The van der Waals surface area contributed by atoms with Gasteiger partial charge in [0.25, 0.3) is 0 Å². The van der Waals surface area contributed by atoms with Crippen molar-refractivity contribution in [2.75, 3.05) is 0 Å². The van der Waals surface area contributed by atoms with Crippen molar-refractivity contribution < 1.29 is 0 Å². The first-order valence-corrected chi connectivity index (χ1v) is 5.49.